The number of alkyl halides is 3. The van der Waals surface area contributed by atoms with Gasteiger partial charge in [0.2, 0.25) is 0 Å². The van der Waals surface area contributed by atoms with Crippen molar-refractivity contribution in [1.29, 1.82) is 0 Å². The number of nitrogens with one attached hydrogen (secondary N) is 1. The minimum Gasteiger partial charge on any atom is -0.507 e. The normalized spacial score (nSPS) is 14.0. The standard InChI is InChI=1S/C16H14F3N3O.C2H6/c17-16(18,19)9-1-2-11(14(23)7-9)15-10-3-5-21-8-12(10)13(20)4-6-22-15;1-2/h1-3,5,7-8,22-23H,4,6,20H2;1-2H3. The summed E-state index contributed by atoms with van der Waals surface area (Å²) in [6.45, 7) is 4.51. The van der Waals surface area contributed by atoms with Crippen LogP contribution in [-0.4, -0.2) is 16.6 Å². The molecule has 1 aromatic carbocycles. The lowest BCUT2D eigenvalue weighted by Crippen LogP contribution is -2.33. The summed E-state index contributed by atoms with van der Waals surface area (Å²) in [7, 11) is 0. The second-order valence-electron chi connectivity index (χ2n) is 5.23. The van der Waals surface area contributed by atoms with Gasteiger partial charge in [0.05, 0.1) is 11.3 Å². The maximum absolute atomic E-state index is 12.7. The van der Waals surface area contributed by atoms with Crippen LogP contribution in [0.1, 0.15) is 31.4 Å². The van der Waals surface area contributed by atoms with Crippen LogP contribution in [0.5, 0.6) is 5.75 Å². The number of nitrogens with zero attached hydrogens (tertiary/aromatic N) is 1. The van der Waals surface area contributed by atoms with Crippen LogP contribution in [0.3, 0.4) is 0 Å². The Morgan fingerprint density at radius 1 is 1.16 bits per heavy atom. The number of pyridine rings is 1. The van der Waals surface area contributed by atoms with Crippen LogP contribution >= 0.6 is 0 Å². The second-order valence-corrected chi connectivity index (χ2v) is 5.23. The van der Waals surface area contributed by atoms with E-state index in [1.807, 2.05) is 13.8 Å². The van der Waals surface area contributed by atoms with Crippen molar-refractivity contribution in [2.24, 2.45) is 5.73 Å². The summed E-state index contributed by atoms with van der Waals surface area (Å²) in [6.07, 6.45) is -0.750. The SMILES string of the molecule is CC.NC1=c2cnccc2=C(c2ccc(C(F)(F)F)cc2O)NCC1. The van der Waals surface area contributed by atoms with E-state index in [0.29, 0.717) is 40.4 Å². The van der Waals surface area contributed by atoms with E-state index in [9.17, 15) is 18.3 Å². The van der Waals surface area contributed by atoms with Crippen molar-refractivity contribution in [2.45, 2.75) is 26.4 Å². The molecule has 0 unspecified atom stereocenters. The molecular weight excluding hydrogens is 331 g/mol. The number of rotatable bonds is 1. The average molecular weight is 351 g/mol. The van der Waals surface area contributed by atoms with Gasteiger partial charge in [-0.15, -0.1) is 0 Å². The van der Waals surface area contributed by atoms with Crippen molar-refractivity contribution < 1.29 is 18.3 Å². The molecule has 0 spiro atoms. The third-order valence-electron chi connectivity index (χ3n) is 3.73. The van der Waals surface area contributed by atoms with Gasteiger partial charge in [-0.1, -0.05) is 13.8 Å². The van der Waals surface area contributed by atoms with E-state index in [1.54, 1.807) is 18.5 Å². The molecule has 2 heterocycles. The Morgan fingerprint density at radius 3 is 2.52 bits per heavy atom. The number of benzene rings is 1. The highest BCUT2D eigenvalue weighted by Gasteiger charge is 2.31. The Bertz CT molecular complexity index is 876. The second kappa shape index (κ2) is 7.46. The van der Waals surface area contributed by atoms with Gasteiger partial charge in [-0.2, -0.15) is 13.2 Å². The van der Waals surface area contributed by atoms with E-state index >= 15 is 0 Å². The zero-order valence-electron chi connectivity index (χ0n) is 14.0. The first-order valence-electron chi connectivity index (χ1n) is 7.95. The molecule has 4 N–H and O–H groups in total. The number of nitrogens with two attached hydrogens (primary N) is 1. The Hall–Kier alpha value is -2.70. The van der Waals surface area contributed by atoms with Crippen molar-refractivity contribution >= 4 is 11.4 Å². The van der Waals surface area contributed by atoms with Crippen molar-refractivity contribution in [3.8, 4) is 5.75 Å². The number of aromatic nitrogens is 1. The van der Waals surface area contributed by atoms with Gasteiger partial charge in [0.15, 0.2) is 0 Å². The van der Waals surface area contributed by atoms with E-state index in [0.717, 1.165) is 12.1 Å². The molecule has 0 fully saturated rings. The maximum Gasteiger partial charge on any atom is 0.416 e. The van der Waals surface area contributed by atoms with Crippen molar-refractivity contribution in [2.75, 3.05) is 6.54 Å². The number of fused-ring (bicyclic) bond motifs is 1. The first-order valence-corrected chi connectivity index (χ1v) is 7.95. The fourth-order valence-corrected chi connectivity index (χ4v) is 2.58. The highest BCUT2D eigenvalue weighted by atomic mass is 19.4. The minimum absolute atomic E-state index is 0.292. The lowest BCUT2D eigenvalue weighted by molar-refractivity contribution is -0.137. The molecule has 7 heteroatoms. The molecule has 0 radical (unpaired) electrons. The first-order chi connectivity index (χ1) is 11.9. The van der Waals surface area contributed by atoms with Crippen molar-refractivity contribution in [1.82, 2.24) is 10.3 Å². The first kappa shape index (κ1) is 18.6. The van der Waals surface area contributed by atoms with Crippen molar-refractivity contribution in [3.05, 3.63) is 58.2 Å². The number of phenols is 1. The molecule has 4 nitrogen and oxygen atoms in total. The van der Waals surface area contributed by atoms with Gasteiger partial charge in [-0.05, 0) is 24.3 Å². The monoisotopic (exact) mass is 351 g/mol. The number of hydrogen-bond donors (Lipinski definition) is 3. The predicted molar refractivity (Wildman–Crippen MR) is 90.7 cm³/mol. The van der Waals surface area contributed by atoms with Crippen LogP contribution in [0.2, 0.25) is 0 Å². The van der Waals surface area contributed by atoms with E-state index < -0.39 is 17.5 Å². The zero-order chi connectivity index (χ0) is 18.6. The third kappa shape index (κ3) is 3.87. The van der Waals surface area contributed by atoms with Crippen LogP contribution in [0.4, 0.5) is 13.2 Å². The Kier molecular flexibility index (Phi) is 5.56. The molecule has 3 rings (SSSR count). The fourth-order valence-electron chi connectivity index (χ4n) is 2.58. The summed E-state index contributed by atoms with van der Waals surface area (Å²) in [5, 5.41) is 14.6. The lowest BCUT2D eigenvalue weighted by atomic mass is 10.0. The van der Waals surface area contributed by atoms with E-state index in [-0.39, 0.29) is 0 Å². The maximum atomic E-state index is 12.7. The molecule has 2 aromatic rings. The van der Waals surface area contributed by atoms with Gasteiger partial charge in [0.25, 0.3) is 0 Å². The highest BCUT2D eigenvalue weighted by molar-refractivity contribution is 5.70. The molecule has 0 saturated heterocycles. The van der Waals surface area contributed by atoms with Gasteiger partial charge in [0, 0.05) is 47.1 Å². The van der Waals surface area contributed by atoms with Crippen LogP contribution < -0.4 is 21.5 Å². The Balaban J connectivity index is 0.00000109. The molecule has 0 bridgehead atoms. The molecule has 0 aliphatic carbocycles. The van der Waals surface area contributed by atoms with Gasteiger partial charge >= 0.3 is 6.18 Å². The number of hydrogen-bond acceptors (Lipinski definition) is 4. The summed E-state index contributed by atoms with van der Waals surface area (Å²) in [5.41, 5.74) is 6.59. The van der Waals surface area contributed by atoms with Gasteiger partial charge in [-0.3, -0.25) is 4.98 Å². The molecule has 134 valence electrons. The highest BCUT2D eigenvalue weighted by Crippen LogP contribution is 2.33. The molecule has 0 saturated carbocycles. The Labute approximate surface area is 143 Å². The van der Waals surface area contributed by atoms with Crippen LogP contribution in [0, 0.1) is 0 Å². The molecule has 25 heavy (non-hydrogen) atoms. The van der Waals surface area contributed by atoms with Crippen molar-refractivity contribution in [3.63, 3.8) is 0 Å². The fraction of sp³-hybridized carbons (Fsp3) is 0.278. The molecule has 1 aromatic heterocycles. The number of halogens is 3. The summed E-state index contributed by atoms with van der Waals surface area (Å²) in [4.78, 5) is 4.03. The summed E-state index contributed by atoms with van der Waals surface area (Å²) >= 11 is 0. The van der Waals surface area contributed by atoms with Gasteiger partial charge < -0.3 is 16.2 Å². The van der Waals surface area contributed by atoms with Gasteiger partial charge in [-0.25, -0.2) is 0 Å². The summed E-state index contributed by atoms with van der Waals surface area (Å²) in [6, 6.07) is 4.64. The van der Waals surface area contributed by atoms with Gasteiger partial charge in [0.1, 0.15) is 5.75 Å². The van der Waals surface area contributed by atoms with E-state index in [4.69, 9.17) is 5.73 Å². The average Bonchev–Trinajstić information content (AvgIpc) is 2.75. The van der Waals surface area contributed by atoms with Crippen LogP contribution in [-0.2, 0) is 6.18 Å². The molecule has 1 aliphatic rings. The molecule has 1 aliphatic heterocycles. The van der Waals surface area contributed by atoms with Crippen LogP contribution in [0.25, 0.3) is 11.4 Å². The minimum atomic E-state index is -4.50. The Morgan fingerprint density at radius 2 is 1.88 bits per heavy atom. The van der Waals surface area contributed by atoms with E-state index in [1.165, 1.54) is 6.07 Å². The molecular formula is C18H20F3N3O. The van der Waals surface area contributed by atoms with E-state index in [2.05, 4.69) is 10.3 Å². The summed E-state index contributed by atoms with van der Waals surface area (Å²) < 4.78 is 38.2. The lowest BCUT2D eigenvalue weighted by Gasteiger charge is -2.14. The largest absolute Gasteiger partial charge is 0.507 e. The smallest absolute Gasteiger partial charge is 0.416 e. The number of aromatic hydroxyl groups is 1. The van der Waals surface area contributed by atoms with Crippen LogP contribution in [0.15, 0.2) is 36.7 Å². The molecule has 0 amide bonds. The predicted octanol–water partition coefficient (Wildman–Crippen LogP) is 2.05. The number of phenolic OH excluding ortho intramolecular Hbond substituents is 1. The quantitative estimate of drug-likeness (QED) is 0.735. The zero-order valence-corrected chi connectivity index (χ0v) is 14.0. The molecule has 0 atom stereocenters. The third-order valence-corrected chi connectivity index (χ3v) is 3.73. The summed E-state index contributed by atoms with van der Waals surface area (Å²) in [5.74, 6) is -0.439. The topological polar surface area (TPSA) is 71.2 Å².